The second-order valence-electron chi connectivity index (χ2n) is 5.35. The van der Waals surface area contributed by atoms with E-state index >= 15 is 0 Å². The number of hydrogen-bond donors (Lipinski definition) is 2. The Hall–Kier alpha value is -2.24. The summed E-state index contributed by atoms with van der Waals surface area (Å²) in [5, 5.41) is 11.3. The highest BCUT2D eigenvalue weighted by Crippen LogP contribution is 2.18. The number of benzene rings is 1. The summed E-state index contributed by atoms with van der Waals surface area (Å²) in [4.78, 5) is 24.1. The molecule has 0 atom stereocenters. The molecule has 0 radical (unpaired) electrons. The number of urea groups is 1. The number of amides is 2. The second-order valence-corrected chi connectivity index (χ2v) is 5.35. The second kappa shape index (κ2) is 8.26. The van der Waals surface area contributed by atoms with Gasteiger partial charge >= 0.3 is 12.0 Å². The third-order valence-corrected chi connectivity index (χ3v) is 3.62. The van der Waals surface area contributed by atoms with E-state index in [9.17, 15) is 9.59 Å². The minimum absolute atomic E-state index is 0.0767. The lowest BCUT2D eigenvalue weighted by molar-refractivity contribution is -0.137. The lowest BCUT2D eigenvalue weighted by Crippen LogP contribution is -2.46. The molecule has 22 heavy (non-hydrogen) atoms. The first-order chi connectivity index (χ1) is 10.6. The van der Waals surface area contributed by atoms with Crippen molar-refractivity contribution >= 4 is 12.0 Å². The maximum absolute atomic E-state index is 11.9. The zero-order valence-electron chi connectivity index (χ0n) is 12.5. The summed E-state index contributed by atoms with van der Waals surface area (Å²) >= 11 is 0. The maximum Gasteiger partial charge on any atom is 0.317 e. The van der Waals surface area contributed by atoms with Crippen LogP contribution >= 0.6 is 0 Å². The summed E-state index contributed by atoms with van der Waals surface area (Å²) in [5.74, 6) is 0.0206. The summed E-state index contributed by atoms with van der Waals surface area (Å²) in [5.41, 5.74) is 0. The van der Waals surface area contributed by atoms with E-state index in [1.807, 2.05) is 30.3 Å². The fraction of sp³-hybridized carbons (Fsp3) is 0.500. The van der Waals surface area contributed by atoms with Gasteiger partial charge in [0.1, 0.15) is 11.9 Å². The molecular weight excluding hydrogens is 284 g/mol. The largest absolute Gasteiger partial charge is 0.490 e. The number of ether oxygens (including phenoxy) is 1. The number of carbonyl (C=O) groups excluding carboxylic acids is 1. The summed E-state index contributed by atoms with van der Waals surface area (Å²) in [6.45, 7) is 1.70. The van der Waals surface area contributed by atoms with E-state index < -0.39 is 5.97 Å². The Morgan fingerprint density at radius 1 is 1.23 bits per heavy atom. The van der Waals surface area contributed by atoms with Crippen LogP contribution in [0.4, 0.5) is 4.79 Å². The van der Waals surface area contributed by atoms with Gasteiger partial charge < -0.3 is 20.1 Å². The number of carboxylic acids is 1. The topological polar surface area (TPSA) is 78.9 Å². The lowest BCUT2D eigenvalue weighted by Gasteiger charge is -2.32. The molecule has 0 aromatic heterocycles. The van der Waals surface area contributed by atoms with Crippen LogP contribution in [0.15, 0.2) is 30.3 Å². The highest BCUT2D eigenvalue weighted by molar-refractivity contribution is 5.74. The van der Waals surface area contributed by atoms with Gasteiger partial charge in [-0.05, 0) is 18.6 Å². The van der Waals surface area contributed by atoms with Crippen LogP contribution in [0.25, 0.3) is 0 Å². The van der Waals surface area contributed by atoms with Gasteiger partial charge in [0.25, 0.3) is 0 Å². The molecule has 1 fully saturated rings. The van der Waals surface area contributed by atoms with E-state index in [1.165, 1.54) is 0 Å². The van der Waals surface area contributed by atoms with Gasteiger partial charge in [-0.15, -0.1) is 0 Å². The van der Waals surface area contributed by atoms with Crippen LogP contribution in [-0.2, 0) is 4.79 Å². The molecule has 120 valence electrons. The van der Waals surface area contributed by atoms with Gasteiger partial charge in [-0.2, -0.15) is 0 Å². The van der Waals surface area contributed by atoms with Gasteiger partial charge in [-0.25, -0.2) is 4.79 Å². The smallest absolute Gasteiger partial charge is 0.317 e. The molecule has 0 saturated carbocycles. The number of hydrogen-bond acceptors (Lipinski definition) is 3. The quantitative estimate of drug-likeness (QED) is 0.789. The van der Waals surface area contributed by atoms with Gasteiger partial charge in [-0.3, -0.25) is 4.79 Å². The number of rotatable bonds is 6. The summed E-state index contributed by atoms with van der Waals surface area (Å²) in [6, 6.07) is 9.57. The average molecular weight is 306 g/mol. The summed E-state index contributed by atoms with van der Waals surface area (Å²) in [7, 11) is 0. The van der Waals surface area contributed by atoms with E-state index in [0.29, 0.717) is 26.1 Å². The predicted octanol–water partition coefficient (Wildman–Crippen LogP) is 2.10. The van der Waals surface area contributed by atoms with Crippen LogP contribution in [0.3, 0.4) is 0 Å². The van der Waals surface area contributed by atoms with Gasteiger partial charge in [0.15, 0.2) is 0 Å². The van der Waals surface area contributed by atoms with E-state index in [-0.39, 0.29) is 18.6 Å². The fourth-order valence-corrected chi connectivity index (χ4v) is 2.41. The van der Waals surface area contributed by atoms with Crippen LogP contribution in [0, 0.1) is 0 Å². The van der Waals surface area contributed by atoms with E-state index in [0.717, 1.165) is 18.6 Å². The van der Waals surface area contributed by atoms with Crippen LogP contribution in [0.1, 0.15) is 25.7 Å². The molecule has 1 aromatic carbocycles. The average Bonchev–Trinajstić information content (AvgIpc) is 2.53. The lowest BCUT2D eigenvalue weighted by atomic mass is 10.1. The molecule has 2 N–H and O–H groups in total. The number of nitrogens with zero attached hydrogens (tertiary/aromatic N) is 1. The molecule has 2 amide bonds. The Bertz CT molecular complexity index is 484. The Kier molecular flexibility index (Phi) is 6.06. The molecular formula is C16H22N2O4. The fourth-order valence-electron chi connectivity index (χ4n) is 2.41. The Morgan fingerprint density at radius 2 is 1.91 bits per heavy atom. The number of nitrogens with one attached hydrogen (secondary N) is 1. The van der Waals surface area contributed by atoms with Crippen LogP contribution < -0.4 is 10.1 Å². The molecule has 1 aromatic rings. The van der Waals surface area contributed by atoms with Crippen LogP contribution in [-0.4, -0.2) is 47.7 Å². The number of carboxylic acid groups (broad SMARTS) is 1. The number of piperidine rings is 1. The van der Waals surface area contributed by atoms with Crippen LogP contribution in [0.5, 0.6) is 5.75 Å². The van der Waals surface area contributed by atoms with Crippen molar-refractivity contribution in [3.05, 3.63) is 30.3 Å². The van der Waals surface area contributed by atoms with Crippen molar-refractivity contribution in [2.45, 2.75) is 31.8 Å². The molecule has 1 aliphatic rings. The SMILES string of the molecule is O=C(O)CCCNC(=O)N1CCC(Oc2ccccc2)CC1. The van der Waals surface area contributed by atoms with Crippen molar-refractivity contribution in [3.8, 4) is 5.75 Å². The predicted molar refractivity (Wildman–Crippen MR) is 81.9 cm³/mol. The van der Waals surface area contributed by atoms with Gasteiger partial charge in [0.2, 0.25) is 0 Å². The maximum atomic E-state index is 11.9. The Labute approximate surface area is 130 Å². The molecule has 1 aliphatic heterocycles. The molecule has 2 rings (SSSR count). The standard InChI is InChI=1S/C16H22N2O4/c19-15(20)7-4-10-17-16(21)18-11-8-14(9-12-18)22-13-5-2-1-3-6-13/h1-3,5-6,14H,4,7-12H2,(H,17,21)(H,19,20). The van der Waals surface area contributed by atoms with Gasteiger partial charge in [0.05, 0.1) is 0 Å². The third kappa shape index (κ3) is 5.27. The van der Waals surface area contributed by atoms with Crippen molar-refractivity contribution in [3.63, 3.8) is 0 Å². The minimum atomic E-state index is -0.840. The molecule has 0 spiro atoms. The van der Waals surface area contributed by atoms with E-state index in [1.54, 1.807) is 4.90 Å². The van der Waals surface area contributed by atoms with Crippen molar-refractivity contribution in [1.82, 2.24) is 10.2 Å². The zero-order valence-corrected chi connectivity index (χ0v) is 12.5. The monoisotopic (exact) mass is 306 g/mol. The first-order valence-corrected chi connectivity index (χ1v) is 7.61. The number of carbonyl (C=O) groups is 2. The Balaban J connectivity index is 1.66. The zero-order chi connectivity index (χ0) is 15.8. The molecule has 0 aliphatic carbocycles. The molecule has 6 nitrogen and oxygen atoms in total. The molecule has 0 bridgehead atoms. The minimum Gasteiger partial charge on any atom is -0.490 e. The molecule has 6 heteroatoms. The van der Waals surface area contributed by atoms with Gasteiger partial charge in [0, 0.05) is 38.9 Å². The van der Waals surface area contributed by atoms with Crippen molar-refractivity contribution in [1.29, 1.82) is 0 Å². The number of aliphatic carboxylic acids is 1. The Morgan fingerprint density at radius 3 is 2.55 bits per heavy atom. The highest BCUT2D eigenvalue weighted by atomic mass is 16.5. The molecule has 1 heterocycles. The first kappa shape index (κ1) is 16.1. The van der Waals surface area contributed by atoms with Gasteiger partial charge in [-0.1, -0.05) is 18.2 Å². The first-order valence-electron chi connectivity index (χ1n) is 7.61. The third-order valence-electron chi connectivity index (χ3n) is 3.62. The summed E-state index contributed by atoms with van der Waals surface area (Å²) < 4.78 is 5.88. The molecule has 1 saturated heterocycles. The van der Waals surface area contributed by atoms with Crippen molar-refractivity contribution in [2.75, 3.05) is 19.6 Å². The summed E-state index contributed by atoms with van der Waals surface area (Å²) in [6.07, 6.45) is 2.27. The van der Waals surface area contributed by atoms with E-state index in [2.05, 4.69) is 5.32 Å². The highest BCUT2D eigenvalue weighted by Gasteiger charge is 2.23. The van der Waals surface area contributed by atoms with Crippen LogP contribution in [0.2, 0.25) is 0 Å². The molecule has 0 unspecified atom stereocenters. The number of para-hydroxylation sites is 1. The van der Waals surface area contributed by atoms with E-state index in [4.69, 9.17) is 9.84 Å². The van der Waals surface area contributed by atoms with Crippen molar-refractivity contribution in [2.24, 2.45) is 0 Å². The normalized spacial score (nSPS) is 15.4. The van der Waals surface area contributed by atoms with Crippen molar-refractivity contribution < 1.29 is 19.4 Å². The number of likely N-dealkylation sites (tertiary alicyclic amines) is 1.